The van der Waals surface area contributed by atoms with Gasteiger partial charge < -0.3 is 26.0 Å². The molecular formula is C27H43FN4O7. The Labute approximate surface area is 231 Å². The molecule has 1 heterocycles. The molecule has 2 rings (SSSR count). The number of para-hydroxylation sites is 1. The lowest BCUT2D eigenvalue weighted by molar-refractivity contribution is -0.149. The van der Waals surface area contributed by atoms with Crippen molar-refractivity contribution >= 4 is 41.1 Å². The van der Waals surface area contributed by atoms with Crippen molar-refractivity contribution < 1.29 is 42.2 Å². The predicted octanol–water partition coefficient (Wildman–Crippen LogP) is 2.35. The third kappa shape index (κ3) is 10.5. The molecule has 1 fully saturated rings. The van der Waals surface area contributed by atoms with Gasteiger partial charge in [0.25, 0.3) is 0 Å². The number of benzene rings is 1. The Morgan fingerprint density at radius 1 is 1.10 bits per heavy atom. The number of hydrogen-bond donors (Lipinski definition) is 4. The van der Waals surface area contributed by atoms with E-state index in [0.29, 0.717) is 25.8 Å². The molecule has 11 nitrogen and oxygen atoms in total. The minimum atomic E-state index is -1.19. The molecule has 0 aliphatic carbocycles. The van der Waals surface area contributed by atoms with Crippen LogP contribution < -0.4 is 21.3 Å². The number of carbonyl (C=O) groups excluding carboxylic acids is 6. The highest BCUT2D eigenvalue weighted by atomic mass is 19.1. The first-order chi connectivity index (χ1) is 18.5. The van der Waals surface area contributed by atoms with Gasteiger partial charge in [0.2, 0.25) is 11.8 Å². The van der Waals surface area contributed by atoms with E-state index >= 15 is 0 Å². The predicted molar refractivity (Wildman–Crippen MR) is 146 cm³/mol. The van der Waals surface area contributed by atoms with Crippen LogP contribution in [0.25, 0.3) is 0 Å². The molecule has 0 bridgehead atoms. The smallest absolute Gasteiger partial charge is 0.313 e. The van der Waals surface area contributed by atoms with Gasteiger partial charge >= 0.3 is 17.8 Å². The van der Waals surface area contributed by atoms with Crippen molar-refractivity contribution in [1.29, 1.82) is 0 Å². The maximum Gasteiger partial charge on any atom is 0.313 e. The SMILES string of the molecule is CCC[C@H](NC(=O)C(=O)Nc1ccccc1F)C(=O)N[C@@H](C[C@@H]1CCCNC1=O)C(=O)COC(=O)CC(C)C.[HH].[HH].[HH]. The fraction of sp³-hybridized carbons (Fsp3) is 0.556. The summed E-state index contributed by atoms with van der Waals surface area (Å²) in [6, 6.07) is 2.95. The topological polar surface area (TPSA) is 160 Å². The molecule has 1 aliphatic heterocycles. The summed E-state index contributed by atoms with van der Waals surface area (Å²) in [6.45, 7) is 5.35. The highest BCUT2D eigenvalue weighted by molar-refractivity contribution is 6.40. The zero-order valence-corrected chi connectivity index (χ0v) is 22.5. The molecule has 220 valence electrons. The second-order valence-corrected chi connectivity index (χ2v) is 9.90. The Balaban J connectivity index is 0. The van der Waals surface area contributed by atoms with Crippen LogP contribution in [0.5, 0.6) is 0 Å². The molecule has 0 radical (unpaired) electrons. The lowest BCUT2D eigenvalue weighted by atomic mass is 9.90. The maximum atomic E-state index is 13.8. The number of ketones is 1. The van der Waals surface area contributed by atoms with E-state index in [9.17, 15) is 33.2 Å². The van der Waals surface area contributed by atoms with Gasteiger partial charge in [0.15, 0.2) is 12.4 Å². The van der Waals surface area contributed by atoms with Crippen molar-refractivity contribution in [1.82, 2.24) is 16.0 Å². The number of anilines is 1. The number of esters is 1. The van der Waals surface area contributed by atoms with Crippen LogP contribution in [0, 0.1) is 17.7 Å². The van der Waals surface area contributed by atoms with Gasteiger partial charge in [0.05, 0.1) is 11.7 Å². The quantitative estimate of drug-likeness (QED) is 0.215. The maximum absolute atomic E-state index is 13.8. The van der Waals surface area contributed by atoms with E-state index in [1.807, 2.05) is 13.8 Å². The normalized spacial score (nSPS) is 16.4. The number of Topliss-reactive ketones (excluding diaryl/α,β-unsaturated/α-hetero) is 1. The first-order valence-corrected chi connectivity index (χ1v) is 13.1. The minimum Gasteiger partial charge on any atom is -0.458 e. The number of halogens is 1. The molecule has 0 aromatic heterocycles. The molecule has 1 aromatic carbocycles. The van der Waals surface area contributed by atoms with Crippen molar-refractivity contribution in [2.24, 2.45) is 11.8 Å². The van der Waals surface area contributed by atoms with Crippen LogP contribution in [0.1, 0.15) is 63.6 Å². The summed E-state index contributed by atoms with van der Waals surface area (Å²) in [6.07, 6.45) is 1.92. The van der Waals surface area contributed by atoms with Gasteiger partial charge in [-0.15, -0.1) is 0 Å². The Morgan fingerprint density at radius 3 is 2.46 bits per heavy atom. The lowest BCUT2D eigenvalue weighted by Crippen LogP contribution is -2.54. The van der Waals surface area contributed by atoms with Gasteiger partial charge in [-0.05, 0) is 43.7 Å². The summed E-state index contributed by atoms with van der Waals surface area (Å²) in [4.78, 5) is 75.2. The van der Waals surface area contributed by atoms with E-state index in [-0.39, 0.29) is 41.1 Å². The third-order valence-corrected chi connectivity index (χ3v) is 6.10. The van der Waals surface area contributed by atoms with Crippen molar-refractivity contribution in [3.8, 4) is 0 Å². The van der Waals surface area contributed by atoms with E-state index < -0.39 is 59.9 Å². The first kappa shape index (κ1) is 31.4. The van der Waals surface area contributed by atoms with Gasteiger partial charge in [0.1, 0.15) is 11.9 Å². The number of carbonyl (C=O) groups is 6. The largest absolute Gasteiger partial charge is 0.458 e. The van der Waals surface area contributed by atoms with E-state index in [2.05, 4.69) is 21.3 Å². The Bertz CT molecular complexity index is 1080. The van der Waals surface area contributed by atoms with E-state index in [1.54, 1.807) is 6.92 Å². The fourth-order valence-corrected chi connectivity index (χ4v) is 4.06. The first-order valence-electron chi connectivity index (χ1n) is 13.1. The molecule has 0 unspecified atom stereocenters. The minimum absolute atomic E-state index is 0. The Kier molecular flexibility index (Phi) is 12.5. The van der Waals surface area contributed by atoms with Crippen molar-refractivity contribution in [2.45, 2.75) is 71.4 Å². The zero-order valence-electron chi connectivity index (χ0n) is 22.5. The van der Waals surface area contributed by atoms with Crippen LogP contribution in [0.15, 0.2) is 24.3 Å². The van der Waals surface area contributed by atoms with Gasteiger partial charge in [-0.1, -0.05) is 39.3 Å². The van der Waals surface area contributed by atoms with Gasteiger partial charge in [-0.25, -0.2) is 4.39 Å². The van der Waals surface area contributed by atoms with Crippen molar-refractivity contribution in [2.75, 3.05) is 18.5 Å². The lowest BCUT2D eigenvalue weighted by Gasteiger charge is -2.27. The molecule has 1 saturated heterocycles. The molecular weight excluding hydrogens is 511 g/mol. The van der Waals surface area contributed by atoms with Crippen LogP contribution in [0.3, 0.4) is 0 Å². The Hall–Kier alpha value is -3.83. The number of ether oxygens (including phenoxy) is 1. The van der Waals surface area contributed by atoms with Gasteiger partial charge in [-0.3, -0.25) is 28.8 Å². The number of amides is 4. The van der Waals surface area contributed by atoms with E-state index in [4.69, 9.17) is 4.74 Å². The van der Waals surface area contributed by atoms with E-state index in [1.165, 1.54) is 18.2 Å². The molecule has 1 aromatic rings. The molecule has 1 aliphatic rings. The Morgan fingerprint density at radius 2 is 1.82 bits per heavy atom. The summed E-state index contributed by atoms with van der Waals surface area (Å²) < 4.78 is 18.9. The van der Waals surface area contributed by atoms with Gasteiger partial charge in [-0.2, -0.15) is 0 Å². The summed E-state index contributed by atoms with van der Waals surface area (Å²) in [5.41, 5.74) is -0.197. The second-order valence-electron chi connectivity index (χ2n) is 9.90. The second kappa shape index (κ2) is 15.6. The zero-order chi connectivity index (χ0) is 28.9. The number of piperidine rings is 1. The van der Waals surface area contributed by atoms with Gasteiger partial charge in [0, 0.05) is 23.2 Å². The summed E-state index contributed by atoms with van der Waals surface area (Å²) >= 11 is 0. The summed E-state index contributed by atoms with van der Waals surface area (Å²) in [7, 11) is 0. The fourth-order valence-electron chi connectivity index (χ4n) is 4.06. The van der Waals surface area contributed by atoms with Crippen LogP contribution in [-0.4, -0.2) is 60.6 Å². The molecule has 3 atom stereocenters. The molecule has 12 heteroatoms. The molecule has 0 spiro atoms. The highest BCUT2D eigenvalue weighted by Crippen LogP contribution is 2.19. The summed E-state index contributed by atoms with van der Waals surface area (Å²) in [5.74, 6) is -5.72. The standard InChI is InChI=1S/C27H37FN4O7.3H2/c1-4-8-20(31-27(38)26(37)30-19-11-6-5-10-18(19)28)25(36)32-21(14-17-9-7-12-29-24(17)35)22(33)15-39-23(34)13-16(2)3;;;/h5-6,10-11,16-17,20-21H,4,7-9,12-15H2,1-3H3,(H,29,35)(H,30,37)(H,31,38)(H,32,36);3*1H/t17-,20-,21-;;;/m0.../s1. The molecule has 0 saturated carbocycles. The van der Waals surface area contributed by atoms with E-state index in [0.717, 1.165) is 6.07 Å². The average Bonchev–Trinajstić information content (AvgIpc) is 2.88. The highest BCUT2D eigenvalue weighted by Gasteiger charge is 2.33. The monoisotopic (exact) mass is 554 g/mol. The van der Waals surface area contributed by atoms with Crippen LogP contribution in [-0.2, 0) is 33.5 Å². The number of nitrogens with one attached hydrogen (secondary N) is 4. The average molecular weight is 555 g/mol. The summed E-state index contributed by atoms with van der Waals surface area (Å²) in [5, 5.41) is 9.78. The molecule has 4 N–H and O–H groups in total. The number of rotatable bonds is 13. The van der Waals surface area contributed by atoms with Crippen LogP contribution in [0.4, 0.5) is 10.1 Å². The number of hydrogen-bond acceptors (Lipinski definition) is 7. The molecule has 4 amide bonds. The third-order valence-electron chi connectivity index (χ3n) is 6.10. The van der Waals surface area contributed by atoms with Crippen LogP contribution in [0.2, 0.25) is 0 Å². The van der Waals surface area contributed by atoms with Crippen molar-refractivity contribution in [3.05, 3.63) is 30.1 Å². The molecule has 39 heavy (non-hydrogen) atoms. The van der Waals surface area contributed by atoms with Crippen LogP contribution >= 0.6 is 0 Å². The van der Waals surface area contributed by atoms with Crippen molar-refractivity contribution in [3.63, 3.8) is 0 Å².